The van der Waals surface area contributed by atoms with E-state index in [1.807, 2.05) is 43.3 Å². The molecule has 0 saturated heterocycles. The molecule has 1 aliphatic rings. The van der Waals surface area contributed by atoms with Crippen LogP contribution >= 0.6 is 0 Å². The average Bonchev–Trinajstić information content (AvgIpc) is 2.85. The number of aryl methyl sites for hydroxylation is 1. The second kappa shape index (κ2) is 11.4. The molecule has 174 valence electrons. The van der Waals surface area contributed by atoms with E-state index in [2.05, 4.69) is 0 Å². The highest BCUT2D eigenvalue weighted by molar-refractivity contribution is 5.72. The lowest BCUT2D eigenvalue weighted by molar-refractivity contribution is 0.293. The average molecular weight is 449 g/mol. The highest BCUT2D eigenvalue weighted by atomic mass is 19.2. The number of rotatable bonds is 9. The topological polar surface area (TPSA) is 9.23 Å². The molecule has 3 aromatic rings. The van der Waals surface area contributed by atoms with Gasteiger partial charge >= 0.3 is 0 Å². The lowest BCUT2D eigenvalue weighted by atomic mass is 9.86. The van der Waals surface area contributed by atoms with Crippen molar-refractivity contribution in [3.8, 4) is 28.0 Å². The van der Waals surface area contributed by atoms with E-state index in [9.17, 15) is 8.78 Å². The van der Waals surface area contributed by atoms with Gasteiger partial charge in [-0.15, -0.1) is 0 Å². The minimum absolute atomic E-state index is 0.262. The van der Waals surface area contributed by atoms with Gasteiger partial charge in [-0.05, 0) is 42.5 Å². The Labute approximate surface area is 196 Å². The van der Waals surface area contributed by atoms with Gasteiger partial charge in [0.15, 0.2) is 11.6 Å². The third kappa shape index (κ3) is 6.22. The summed E-state index contributed by atoms with van der Waals surface area (Å²) in [5.41, 5.74) is 2.93. The van der Waals surface area contributed by atoms with Gasteiger partial charge in [-0.3, -0.25) is 0 Å². The quantitative estimate of drug-likeness (QED) is 0.297. The number of hydrogen-bond acceptors (Lipinski definition) is 1. The van der Waals surface area contributed by atoms with E-state index >= 15 is 0 Å². The van der Waals surface area contributed by atoms with Crippen molar-refractivity contribution in [1.29, 1.82) is 0 Å². The predicted octanol–water partition coefficient (Wildman–Crippen LogP) is 9.13. The van der Waals surface area contributed by atoms with Gasteiger partial charge in [-0.2, -0.15) is 0 Å². The van der Waals surface area contributed by atoms with Crippen LogP contribution < -0.4 is 4.74 Å². The second-order valence-corrected chi connectivity index (χ2v) is 9.38. The number of halogens is 2. The minimum Gasteiger partial charge on any atom is -0.494 e. The summed E-state index contributed by atoms with van der Waals surface area (Å²) < 4.78 is 35.5. The third-order valence-electron chi connectivity index (χ3n) is 6.86. The summed E-state index contributed by atoms with van der Waals surface area (Å²) in [6.07, 6.45) is 12.0. The number of unbranched alkanes of at least 4 members (excludes halogenated alkanes) is 2. The Kier molecular flexibility index (Phi) is 8.15. The first-order valence-electron chi connectivity index (χ1n) is 12.4. The lowest BCUT2D eigenvalue weighted by Gasteiger charge is -2.21. The molecule has 4 rings (SSSR count). The molecule has 0 spiro atoms. The highest BCUT2D eigenvalue weighted by Gasteiger charge is 2.16. The summed E-state index contributed by atoms with van der Waals surface area (Å²) in [7, 11) is 0. The first-order valence-corrected chi connectivity index (χ1v) is 12.4. The zero-order chi connectivity index (χ0) is 23.0. The van der Waals surface area contributed by atoms with Crippen molar-refractivity contribution in [2.24, 2.45) is 5.92 Å². The maximum Gasteiger partial charge on any atom is 0.167 e. The fourth-order valence-electron chi connectivity index (χ4n) is 4.84. The normalized spacial score (nSPS) is 14.4. The van der Waals surface area contributed by atoms with Gasteiger partial charge in [-0.1, -0.05) is 105 Å². The summed E-state index contributed by atoms with van der Waals surface area (Å²) >= 11 is 0. The van der Waals surface area contributed by atoms with Crippen molar-refractivity contribution in [1.82, 2.24) is 0 Å². The van der Waals surface area contributed by atoms with Crippen molar-refractivity contribution in [2.75, 3.05) is 6.61 Å². The fraction of sp³-hybridized carbons (Fsp3) is 0.400. The molecular weight excluding hydrogens is 414 g/mol. The molecular formula is C30H34F2O. The molecule has 0 aliphatic heterocycles. The van der Waals surface area contributed by atoms with Crippen molar-refractivity contribution in [2.45, 2.75) is 64.7 Å². The van der Waals surface area contributed by atoms with Gasteiger partial charge in [-0.25, -0.2) is 8.78 Å². The first-order chi connectivity index (χ1) is 16.1. The molecule has 0 radical (unpaired) electrons. The Morgan fingerprint density at radius 1 is 0.697 bits per heavy atom. The lowest BCUT2D eigenvalue weighted by Crippen LogP contribution is -2.06. The fourth-order valence-corrected chi connectivity index (χ4v) is 4.84. The molecule has 1 aliphatic carbocycles. The molecule has 0 heterocycles. The number of benzene rings is 3. The Morgan fingerprint density at radius 3 is 1.88 bits per heavy atom. The second-order valence-electron chi connectivity index (χ2n) is 9.38. The Hall–Kier alpha value is -2.68. The predicted molar refractivity (Wildman–Crippen MR) is 133 cm³/mol. The summed E-state index contributed by atoms with van der Waals surface area (Å²) in [4.78, 5) is 0. The molecule has 1 nitrogen and oxygen atoms in total. The molecule has 0 bridgehead atoms. The van der Waals surface area contributed by atoms with E-state index in [0.29, 0.717) is 17.7 Å². The molecule has 0 atom stereocenters. The SMILES string of the molecule is Cc1ccc(-c2ccc(-c3ccc(OCCCCCC4CCCCC4)cc3)c(F)c2F)cc1. The van der Waals surface area contributed by atoms with Crippen LogP contribution in [0.1, 0.15) is 63.4 Å². The van der Waals surface area contributed by atoms with Crippen molar-refractivity contribution >= 4 is 0 Å². The molecule has 3 aromatic carbocycles. The van der Waals surface area contributed by atoms with Crippen molar-refractivity contribution in [3.05, 3.63) is 77.9 Å². The van der Waals surface area contributed by atoms with Crippen molar-refractivity contribution in [3.63, 3.8) is 0 Å². The summed E-state index contributed by atoms with van der Waals surface area (Å²) in [5, 5.41) is 0. The van der Waals surface area contributed by atoms with E-state index in [-0.39, 0.29) is 11.1 Å². The van der Waals surface area contributed by atoms with E-state index in [0.717, 1.165) is 23.7 Å². The molecule has 0 N–H and O–H groups in total. The Morgan fingerprint density at radius 2 is 1.27 bits per heavy atom. The van der Waals surface area contributed by atoms with Gasteiger partial charge in [0.05, 0.1) is 6.61 Å². The van der Waals surface area contributed by atoms with Gasteiger partial charge in [0.25, 0.3) is 0 Å². The number of ether oxygens (including phenoxy) is 1. The van der Waals surface area contributed by atoms with Crippen LogP contribution in [0.5, 0.6) is 5.75 Å². The highest BCUT2D eigenvalue weighted by Crippen LogP contribution is 2.32. The largest absolute Gasteiger partial charge is 0.494 e. The maximum absolute atomic E-state index is 14.9. The summed E-state index contributed by atoms with van der Waals surface area (Å²) in [6.45, 7) is 2.66. The van der Waals surface area contributed by atoms with Gasteiger partial charge < -0.3 is 4.74 Å². The van der Waals surface area contributed by atoms with Crippen LogP contribution in [0.3, 0.4) is 0 Å². The van der Waals surface area contributed by atoms with E-state index in [1.165, 1.54) is 51.4 Å². The third-order valence-corrected chi connectivity index (χ3v) is 6.86. The monoisotopic (exact) mass is 448 g/mol. The molecule has 33 heavy (non-hydrogen) atoms. The number of hydrogen-bond donors (Lipinski definition) is 0. The standard InChI is InChI=1S/C30H34F2O/c1-22-11-13-24(14-12-22)27-19-20-28(30(32)29(27)31)25-15-17-26(18-16-25)33-21-7-3-6-10-23-8-4-2-5-9-23/h11-20,23H,2-10,21H2,1H3. The van der Waals surface area contributed by atoms with Crippen LogP contribution in [0.15, 0.2) is 60.7 Å². The molecule has 1 saturated carbocycles. The molecule has 0 amide bonds. The van der Waals surface area contributed by atoms with Crippen LogP contribution in [0.4, 0.5) is 8.78 Å². The zero-order valence-electron chi connectivity index (χ0n) is 19.6. The molecule has 0 aromatic heterocycles. The van der Waals surface area contributed by atoms with Crippen LogP contribution in [0, 0.1) is 24.5 Å². The van der Waals surface area contributed by atoms with Crippen molar-refractivity contribution < 1.29 is 13.5 Å². The van der Waals surface area contributed by atoms with Crippen LogP contribution in [-0.4, -0.2) is 6.61 Å². The molecule has 0 unspecified atom stereocenters. The van der Waals surface area contributed by atoms with E-state index in [1.54, 1.807) is 24.3 Å². The Bertz CT molecular complexity index is 1020. The van der Waals surface area contributed by atoms with Gasteiger partial charge in [0, 0.05) is 11.1 Å². The van der Waals surface area contributed by atoms with Gasteiger partial charge in [0.1, 0.15) is 5.75 Å². The van der Waals surface area contributed by atoms with Gasteiger partial charge in [0.2, 0.25) is 0 Å². The smallest absolute Gasteiger partial charge is 0.167 e. The zero-order valence-corrected chi connectivity index (χ0v) is 19.6. The van der Waals surface area contributed by atoms with E-state index < -0.39 is 11.6 Å². The Balaban J connectivity index is 1.29. The molecule has 3 heteroatoms. The van der Waals surface area contributed by atoms with E-state index in [4.69, 9.17) is 4.74 Å². The van der Waals surface area contributed by atoms with Crippen LogP contribution in [0.2, 0.25) is 0 Å². The maximum atomic E-state index is 14.9. The molecule has 1 fully saturated rings. The van der Waals surface area contributed by atoms with Crippen LogP contribution in [-0.2, 0) is 0 Å². The summed E-state index contributed by atoms with van der Waals surface area (Å²) in [5.74, 6) is 0.0798. The van der Waals surface area contributed by atoms with Crippen LogP contribution in [0.25, 0.3) is 22.3 Å². The first kappa shape index (κ1) is 23.5. The summed E-state index contributed by atoms with van der Waals surface area (Å²) in [6, 6.07) is 18.0. The minimum atomic E-state index is -0.820.